The molecule has 0 bridgehead atoms. The smallest absolute Gasteiger partial charge is 0.416 e. The second kappa shape index (κ2) is 11.6. The number of benzene rings is 2. The Morgan fingerprint density at radius 1 is 1.00 bits per heavy atom. The summed E-state index contributed by atoms with van der Waals surface area (Å²) < 4.78 is 47.0. The van der Waals surface area contributed by atoms with Crippen LogP contribution in [0.4, 0.5) is 13.2 Å². The lowest BCUT2D eigenvalue weighted by Gasteiger charge is -2.27. The number of halogens is 3. The molecule has 0 radical (unpaired) electrons. The van der Waals surface area contributed by atoms with E-state index in [0.29, 0.717) is 31.1 Å². The number of aromatic nitrogens is 1. The molecule has 0 aliphatic carbocycles. The average Bonchev–Trinajstić information content (AvgIpc) is 3.18. The molecule has 3 aromatic rings. The second-order valence-electron chi connectivity index (χ2n) is 9.14. The van der Waals surface area contributed by atoms with Crippen molar-refractivity contribution in [3.8, 4) is 5.75 Å². The maximum absolute atomic E-state index is 13.1. The van der Waals surface area contributed by atoms with Crippen molar-refractivity contribution in [2.45, 2.75) is 46.1 Å². The fraction of sp³-hybridized carbons (Fsp3) is 0.407. The van der Waals surface area contributed by atoms with Gasteiger partial charge < -0.3 is 14.4 Å². The molecular weight excluding hydrogens is 441 g/mol. The van der Waals surface area contributed by atoms with Crippen LogP contribution in [-0.4, -0.2) is 40.4 Å². The number of alkyl halides is 3. The van der Waals surface area contributed by atoms with Crippen molar-refractivity contribution in [3.05, 3.63) is 89.2 Å². The van der Waals surface area contributed by atoms with Crippen LogP contribution in [-0.2, 0) is 19.3 Å². The van der Waals surface area contributed by atoms with Gasteiger partial charge in [0.15, 0.2) is 0 Å². The van der Waals surface area contributed by atoms with Gasteiger partial charge in [-0.25, -0.2) is 0 Å². The third-order valence-corrected chi connectivity index (χ3v) is 5.53. The Kier molecular flexibility index (Phi) is 8.80. The molecule has 7 heteroatoms. The van der Waals surface area contributed by atoms with Gasteiger partial charge in [-0.05, 0) is 54.3 Å². The Bertz CT molecular complexity index is 1050. The molecule has 1 N–H and O–H groups in total. The quantitative estimate of drug-likeness (QED) is 0.384. The lowest BCUT2D eigenvalue weighted by Crippen LogP contribution is -2.37. The number of ether oxygens (including phenoxy) is 1. The van der Waals surface area contributed by atoms with Crippen molar-refractivity contribution in [1.29, 1.82) is 0 Å². The summed E-state index contributed by atoms with van der Waals surface area (Å²) in [6, 6.07) is 17.0. The van der Waals surface area contributed by atoms with E-state index in [9.17, 15) is 18.3 Å². The lowest BCUT2D eigenvalue weighted by molar-refractivity contribution is -0.137. The largest absolute Gasteiger partial charge is 0.491 e. The molecule has 3 rings (SSSR count). The Morgan fingerprint density at radius 3 is 2.47 bits per heavy atom. The molecule has 2 aromatic carbocycles. The van der Waals surface area contributed by atoms with Crippen molar-refractivity contribution in [1.82, 2.24) is 9.47 Å². The summed E-state index contributed by atoms with van der Waals surface area (Å²) >= 11 is 0. The van der Waals surface area contributed by atoms with Crippen LogP contribution in [0.2, 0.25) is 0 Å². The number of hydrogen-bond acceptors (Lipinski definition) is 3. The highest BCUT2D eigenvalue weighted by atomic mass is 19.4. The summed E-state index contributed by atoms with van der Waals surface area (Å²) in [4.78, 5) is 2.16. The zero-order valence-corrected chi connectivity index (χ0v) is 19.9. The predicted octanol–water partition coefficient (Wildman–Crippen LogP) is 5.76. The third-order valence-electron chi connectivity index (χ3n) is 5.53. The van der Waals surface area contributed by atoms with E-state index in [1.165, 1.54) is 12.1 Å². The van der Waals surface area contributed by atoms with Gasteiger partial charge in [-0.2, -0.15) is 13.2 Å². The summed E-state index contributed by atoms with van der Waals surface area (Å²) in [6.45, 7) is 8.51. The minimum atomic E-state index is -4.36. The number of aryl methyl sites for hydroxylation is 1. The highest BCUT2D eigenvalue weighted by Gasteiger charge is 2.30. The van der Waals surface area contributed by atoms with E-state index in [-0.39, 0.29) is 6.61 Å². The highest BCUT2D eigenvalue weighted by molar-refractivity contribution is 5.31. The van der Waals surface area contributed by atoms with Crippen molar-refractivity contribution < 1.29 is 23.0 Å². The maximum atomic E-state index is 13.1. The third kappa shape index (κ3) is 7.64. The van der Waals surface area contributed by atoms with Crippen LogP contribution in [0.15, 0.2) is 66.9 Å². The molecule has 1 aromatic heterocycles. The monoisotopic (exact) mass is 474 g/mol. The molecule has 0 saturated carbocycles. The van der Waals surface area contributed by atoms with Crippen LogP contribution in [0.1, 0.15) is 36.2 Å². The first kappa shape index (κ1) is 25.8. The first-order chi connectivity index (χ1) is 16.1. The minimum Gasteiger partial charge on any atom is -0.491 e. The number of hydrogen-bond donors (Lipinski definition) is 1. The number of aliphatic hydroxyl groups excluding tert-OH is 1. The average molecular weight is 475 g/mol. The van der Waals surface area contributed by atoms with Crippen LogP contribution >= 0.6 is 0 Å². The Hall–Kier alpha value is -2.77. The minimum absolute atomic E-state index is 0.185. The molecule has 184 valence electrons. The zero-order valence-electron chi connectivity index (χ0n) is 19.9. The first-order valence-corrected chi connectivity index (χ1v) is 11.5. The summed E-state index contributed by atoms with van der Waals surface area (Å²) in [5.74, 6) is 1.14. The standard InChI is InChI=1S/C27H33F3N2O2/c1-20(2)15-31(18-25(33)19-34-26-12-5-4-8-21(26)3)17-24-11-7-13-32(24)16-22-9-6-10-23(14-22)27(28,29)30/h4-14,20,25,33H,15-19H2,1-3H3. The molecular formula is C27H33F3N2O2. The van der Waals surface area contributed by atoms with Gasteiger partial charge in [0, 0.05) is 38.1 Å². The Balaban J connectivity index is 1.65. The van der Waals surface area contributed by atoms with Gasteiger partial charge in [0.05, 0.1) is 5.56 Å². The lowest BCUT2D eigenvalue weighted by atomic mass is 10.1. The van der Waals surface area contributed by atoms with E-state index in [0.717, 1.165) is 29.6 Å². The van der Waals surface area contributed by atoms with Gasteiger partial charge >= 0.3 is 6.18 Å². The van der Waals surface area contributed by atoms with Gasteiger partial charge in [-0.15, -0.1) is 0 Å². The molecule has 0 spiro atoms. The summed E-state index contributed by atoms with van der Waals surface area (Å²) in [5.41, 5.74) is 1.94. The van der Waals surface area contributed by atoms with E-state index in [2.05, 4.69) is 18.7 Å². The topological polar surface area (TPSA) is 37.6 Å². The SMILES string of the molecule is Cc1ccccc1OCC(O)CN(Cc1cccn1Cc1cccc(C(F)(F)F)c1)CC(C)C. The molecule has 0 fully saturated rings. The summed E-state index contributed by atoms with van der Waals surface area (Å²) in [5, 5.41) is 10.6. The van der Waals surface area contributed by atoms with Gasteiger partial charge in [-0.1, -0.05) is 44.2 Å². The molecule has 0 aliphatic rings. The molecule has 1 unspecified atom stereocenters. The maximum Gasteiger partial charge on any atom is 0.416 e. The van der Waals surface area contributed by atoms with E-state index in [1.54, 1.807) is 6.07 Å². The zero-order chi connectivity index (χ0) is 24.7. The predicted molar refractivity (Wildman–Crippen MR) is 128 cm³/mol. The van der Waals surface area contributed by atoms with Crippen LogP contribution in [0, 0.1) is 12.8 Å². The first-order valence-electron chi connectivity index (χ1n) is 11.5. The van der Waals surface area contributed by atoms with Crippen LogP contribution < -0.4 is 4.74 Å². The highest BCUT2D eigenvalue weighted by Crippen LogP contribution is 2.29. The van der Waals surface area contributed by atoms with E-state index >= 15 is 0 Å². The molecule has 34 heavy (non-hydrogen) atoms. The van der Waals surface area contributed by atoms with Crippen LogP contribution in [0.25, 0.3) is 0 Å². The molecule has 0 amide bonds. The number of aliphatic hydroxyl groups is 1. The van der Waals surface area contributed by atoms with Gasteiger partial charge in [0.2, 0.25) is 0 Å². The van der Waals surface area contributed by atoms with Crippen molar-refractivity contribution in [3.63, 3.8) is 0 Å². The number of para-hydroxylation sites is 1. The van der Waals surface area contributed by atoms with Crippen molar-refractivity contribution in [2.75, 3.05) is 19.7 Å². The van der Waals surface area contributed by atoms with Gasteiger partial charge in [0.25, 0.3) is 0 Å². The van der Waals surface area contributed by atoms with Crippen molar-refractivity contribution in [2.24, 2.45) is 5.92 Å². The van der Waals surface area contributed by atoms with Gasteiger partial charge in [-0.3, -0.25) is 4.90 Å². The Labute approximate surface area is 199 Å². The van der Waals surface area contributed by atoms with Crippen LogP contribution in [0.3, 0.4) is 0 Å². The number of nitrogens with zero attached hydrogens (tertiary/aromatic N) is 2. The molecule has 1 heterocycles. The van der Waals surface area contributed by atoms with E-state index < -0.39 is 17.8 Å². The van der Waals surface area contributed by atoms with E-state index in [4.69, 9.17) is 4.74 Å². The summed E-state index contributed by atoms with van der Waals surface area (Å²) in [6.07, 6.45) is -3.16. The second-order valence-corrected chi connectivity index (χ2v) is 9.14. The molecule has 4 nitrogen and oxygen atoms in total. The van der Waals surface area contributed by atoms with E-state index in [1.807, 2.05) is 54.1 Å². The molecule has 0 aliphatic heterocycles. The molecule has 0 saturated heterocycles. The fourth-order valence-electron chi connectivity index (χ4n) is 3.99. The summed E-state index contributed by atoms with van der Waals surface area (Å²) in [7, 11) is 0. The van der Waals surface area contributed by atoms with Crippen molar-refractivity contribution >= 4 is 0 Å². The van der Waals surface area contributed by atoms with Crippen LogP contribution in [0.5, 0.6) is 5.75 Å². The number of rotatable bonds is 11. The Morgan fingerprint density at radius 2 is 1.76 bits per heavy atom. The van der Waals surface area contributed by atoms with Gasteiger partial charge in [0.1, 0.15) is 18.5 Å². The normalized spacial score (nSPS) is 13.0. The fourth-order valence-corrected chi connectivity index (χ4v) is 3.99. The molecule has 1 atom stereocenters.